The molecule has 1 unspecified atom stereocenters. The number of carbonyl (C=O) groups excluding carboxylic acids is 1. The van der Waals surface area contributed by atoms with Crippen molar-refractivity contribution in [1.29, 1.82) is 0 Å². The predicted octanol–water partition coefficient (Wildman–Crippen LogP) is 2.11. The highest BCUT2D eigenvalue weighted by molar-refractivity contribution is 7.98. The van der Waals surface area contributed by atoms with Crippen LogP contribution in [0.5, 0.6) is 0 Å². The quantitative estimate of drug-likeness (QED) is 0.730. The highest BCUT2D eigenvalue weighted by atomic mass is 32.2. The van der Waals surface area contributed by atoms with Crippen LogP contribution in [-0.2, 0) is 16.0 Å². The zero-order chi connectivity index (χ0) is 15.8. The number of carboxylic acid groups (broad SMARTS) is 1. The number of aliphatic carboxylic acids is 1. The van der Waals surface area contributed by atoms with Crippen molar-refractivity contribution in [2.24, 2.45) is 11.7 Å². The van der Waals surface area contributed by atoms with Gasteiger partial charge in [0.05, 0.1) is 12.0 Å². The lowest BCUT2D eigenvalue weighted by Crippen LogP contribution is -2.34. The van der Waals surface area contributed by atoms with Crippen LogP contribution in [0.4, 0.5) is 4.39 Å². The van der Waals surface area contributed by atoms with Gasteiger partial charge in [-0.05, 0) is 36.5 Å². The fourth-order valence-electron chi connectivity index (χ4n) is 1.98. The smallest absolute Gasteiger partial charge is 0.307 e. The predicted molar refractivity (Wildman–Crippen MR) is 81.8 cm³/mol. The summed E-state index contributed by atoms with van der Waals surface area (Å²) in [5.41, 5.74) is 6.05. The number of carboxylic acids is 1. The summed E-state index contributed by atoms with van der Waals surface area (Å²) in [5.74, 6) is -2.05. The minimum atomic E-state index is -1.11. The standard InChI is InChI=1S/C15H20FNO3S/c1-21-7-6-13(17)14(18)9-11(15(19)20)8-10-4-2-3-5-12(10)16/h2-5,11,13H,6-9,17H2,1H3,(H,19,20)/t11?,13-/m0/s1. The molecule has 0 spiro atoms. The van der Waals surface area contributed by atoms with Gasteiger partial charge >= 0.3 is 5.97 Å². The van der Waals surface area contributed by atoms with Crippen LogP contribution in [0.25, 0.3) is 0 Å². The van der Waals surface area contributed by atoms with Gasteiger partial charge in [-0.3, -0.25) is 9.59 Å². The molecule has 0 saturated carbocycles. The molecule has 0 aromatic heterocycles. The Labute approximate surface area is 127 Å². The molecule has 2 atom stereocenters. The van der Waals surface area contributed by atoms with Gasteiger partial charge in [0.15, 0.2) is 0 Å². The van der Waals surface area contributed by atoms with Gasteiger partial charge in [0, 0.05) is 6.42 Å². The minimum absolute atomic E-state index is 0.0109. The molecule has 0 aliphatic heterocycles. The summed E-state index contributed by atoms with van der Waals surface area (Å²) in [6.07, 6.45) is 2.25. The first-order chi connectivity index (χ1) is 9.95. The number of benzene rings is 1. The number of thioether (sulfide) groups is 1. The molecule has 21 heavy (non-hydrogen) atoms. The van der Waals surface area contributed by atoms with Crippen LogP contribution in [0, 0.1) is 11.7 Å². The average molecular weight is 313 g/mol. The van der Waals surface area contributed by atoms with Crippen LogP contribution in [0.15, 0.2) is 24.3 Å². The Morgan fingerprint density at radius 3 is 2.62 bits per heavy atom. The average Bonchev–Trinajstić information content (AvgIpc) is 2.45. The Hall–Kier alpha value is -1.40. The number of hydrogen-bond donors (Lipinski definition) is 2. The van der Waals surface area contributed by atoms with Crippen molar-refractivity contribution < 1.29 is 19.1 Å². The molecule has 0 amide bonds. The fourth-order valence-corrected chi connectivity index (χ4v) is 2.47. The van der Waals surface area contributed by atoms with Crippen molar-refractivity contribution in [1.82, 2.24) is 0 Å². The molecule has 0 saturated heterocycles. The first kappa shape index (κ1) is 17.7. The molecule has 1 aromatic rings. The SMILES string of the molecule is CSCC[C@H](N)C(=O)CC(Cc1ccccc1F)C(=O)O. The molecule has 4 nitrogen and oxygen atoms in total. The third-order valence-corrected chi connectivity index (χ3v) is 3.91. The molecule has 1 rings (SSSR count). The van der Waals surface area contributed by atoms with E-state index in [0.29, 0.717) is 12.0 Å². The zero-order valence-electron chi connectivity index (χ0n) is 11.9. The van der Waals surface area contributed by atoms with Gasteiger partial charge in [-0.25, -0.2) is 4.39 Å². The lowest BCUT2D eigenvalue weighted by molar-refractivity contribution is -0.143. The number of halogens is 1. The molecule has 6 heteroatoms. The van der Waals surface area contributed by atoms with E-state index in [9.17, 15) is 19.1 Å². The van der Waals surface area contributed by atoms with Crippen LogP contribution in [0.1, 0.15) is 18.4 Å². The monoisotopic (exact) mass is 313 g/mol. The molecule has 0 aliphatic rings. The van der Waals surface area contributed by atoms with Crippen LogP contribution in [-0.4, -0.2) is 34.9 Å². The summed E-state index contributed by atoms with van der Waals surface area (Å²) in [4.78, 5) is 23.2. The van der Waals surface area contributed by atoms with Crippen LogP contribution in [0.3, 0.4) is 0 Å². The third-order valence-electron chi connectivity index (χ3n) is 3.27. The van der Waals surface area contributed by atoms with Gasteiger partial charge in [0.25, 0.3) is 0 Å². The van der Waals surface area contributed by atoms with E-state index in [1.807, 2.05) is 6.26 Å². The Morgan fingerprint density at radius 1 is 1.38 bits per heavy atom. The van der Waals surface area contributed by atoms with Gasteiger partial charge in [0.1, 0.15) is 11.6 Å². The lowest BCUT2D eigenvalue weighted by Gasteiger charge is -2.15. The first-order valence-corrected chi connectivity index (χ1v) is 8.08. The van der Waals surface area contributed by atoms with Crippen LogP contribution in [0.2, 0.25) is 0 Å². The van der Waals surface area contributed by atoms with E-state index >= 15 is 0 Å². The first-order valence-electron chi connectivity index (χ1n) is 6.69. The van der Waals surface area contributed by atoms with Gasteiger partial charge in [-0.15, -0.1) is 0 Å². The number of nitrogens with two attached hydrogens (primary N) is 1. The van der Waals surface area contributed by atoms with Crippen molar-refractivity contribution in [3.05, 3.63) is 35.6 Å². The molecule has 1 aromatic carbocycles. The Morgan fingerprint density at radius 2 is 2.05 bits per heavy atom. The number of hydrogen-bond acceptors (Lipinski definition) is 4. The Kier molecular flexibility index (Phi) is 7.39. The lowest BCUT2D eigenvalue weighted by atomic mass is 9.91. The van der Waals surface area contributed by atoms with Crippen molar-refractivity contribution in [2.45, 2.75) is 25.3 Å². The largest absolute Gasteiger partial charge is 0.481 e. The molecule has 116 valence electrons. The number of Topliss-reactive ketones (excluding diaryl/α,β-unsaturated/α-hetero) is 1. The number of carbonyl (C=O) groups is 2. The summed E-state index contributed by atoms with van der Waals surface area (Å²) in [5, 5.41) is 9.21. The van der Waals surface area contributed by atoms with E-state index in [2.05, 4.69) is 0 Å². The number of ketones is 1. The maximum Gasteiger partial charge on any atom is 0.307 e. The Bertz CT molecular complexity index is 496. The normalized spacial score (nSPS) is 13.7. The topological polar surface area (TPSA) is 80.4 Å². The second kappa shape index (κ2) is 8.79. The molecule has 0 aliphatic carbocycles. The summed E-state index contributed by atoms with van der Waals surface area (Å²) >= 11 is 1.58. The van der Waals surface area contributed by atoms with Crippen LogP contribution >= 0.6 is 11.8 Å². The second-order valence-corrected chi connectivity index (χ2v) is 5.87. The van der Waals surface area contributed by atoms with E-state index in [4.69, 9.17) is 5.73 Å². The maximum absolute atomic E-state index is 13.6. The van der Waals surface area contributed by atoms with Crippen molar-refractivity contribution in [3.8, 4) is 0 Å². The van der Waals surface area contributed by atoms with Crippen LogP contribution < -0.4 is 5.73 Å². The summed E-state index contributed by atoms with van der Waals surface area (Å²) in [7, 11) is 0. The van der Waals surface area contributed by atoms with E-state index in [1.54, 1.807) is 17.8 Å². The molecule has 0 heterocycles. The van der Waals surface area contributed by atoms with E-state index < -0.39 is 23.7 Å². The summed E-state index contributed by atoms with van der Waals surface area (Å²) in [6, 6.07) is 5.34. The van der Waals surface area contributed by atoms with Gasteiger partial charge in [0.2, 0.25) is 0 Å². The van der Waals surface area contributed by atoms with Crippen molar-refractivity contribution >= 4 is 23.5 Å². The van der Waals surface area contributed by atoms with Gasteiger partial charge < -0.3 is 10.8 Å². The highest BCUT2D eigenvalue weighted by Gasteiger charge is 2.25. The van der Waals surface area contributed by atoms with Gasteiger partial charge in [-0.1, -0.05) is 18.2 Å². The molecule has 0 bridgehead atoms. The zero-order valence-corrected chi connectivity index (χ0v) is 12.7. The van der Waals surface area contributed by atoms with E-state index in [-0.39, 0.29) is 18.6 Å². The Balaban J connectivity index is 2.68. The molecule has 0 fully saturated rings. The van der Waals surface area contributed by atoms with Crippen molar-refractivity contribution in [3.63, 3.8) is 0 Å². The van der Waals surface area contributed by atoms with Gasteiger partial charge in [-0.2, -0.15) is 11.8 Å². The van der Waals surface area contributed by atoms with Crippen molar-refractivity contribution in [2.75, 3.05) is 12.0 Å². The molecular formula is C15H20FNO3S. The van der Waals surface area contributed by atoms with E-state index in [0.717, 1.165) is 5.75 Å². The molecule has 0 radical (unpaired) electrons. The highest BCUT2D eigenvalue weighted by Crippen LogP contribution is 2.17. The third kappa shape index (κ3) is 5.85. The summed E-state index contributed by atoms with van der Waals surface area (Å²) < 4.78 is 13.6. The summed E-state index contributed by atoms with van der Waals surface area (Å²) in [6.45, 7) is 0. The number of rotatable bonds is 9. The fraction of sp³-hybridized carbons (Fsp3) is 0.467. The molecular weight excluding hydrogens is 293 g/mol. The maximum atomic E-state index is 13.6. The van der Waals surface area contributed by atoms with E-state index in [1.165, 1.54) is 18.2 Å². The minimum Gasteiger partial charge on any atom is -0.481 e. The molecule has 3 N–H and O–H groups in total. The second-order valence-electron chi connectivity index (χ2n) is 4.89.